The van der Waals surface area contributed by atoms with Crippen molar-refractivity contribution in [3.63, 3.8) is 0 Å². The fourth-order valence-electron chi connectivity index (χ4n) is 3.12. The number of nitrogens with one attached hydrogen (secondary N) is 1. The quantitative estimate of drug-likeness (QED) is 0.836. The van der Waals surface area contributed by atoms with Crippen LogP contribution < -0.4 is 10.1 Å². The van der Waals surface area contributed by atoms with E-state index in [1.807, 2.05) is 0 Å². The van der Waals surface area contributed by atoms with Crippen molar-refractivity contribution in [2.75, 3.05) is 13.1 Å². The Balaban J connectivity index is 2.00. The summed E-state index contributed by atoms with van der Waals surface area (Å²) in [5, 5.41) is 3.50. The number of rotatable bonds is 6. The van der Waals surface area contributed by atoms with Crippen molar-refractivity contribution in [3.05, 3.63) is 29.8 Å². The van der Waals surface area contributed by atoms with E-state index in [-0.39, 0.29) is 6.10 Å². The van der Waals surface area contributed by atoms with Gasteiger partial charge in [-0.2, -0.15) is 0 Å². The fraction of sp³-hybridized carbons (Fsp3) is 0.647. The minimum absolute atomic E-state index is 0.249. The third-order valence-electron chi connectivity index (χ3n) is 4.00. The standard InChI is InChI=1S/C17H27NO/c1-4-18-12-15-6-5-7-17(15)14-8-10-16(11-9-14)19-13(2)3/h8-11,13,15,17-18H,4-7,12H2,1-3H3. The van der Waals surface area contributed by atoms with Crippen LogP contribution in [0.15, 0.2) is 24.3 Å². The summed E-state index contributed by atoms with van der Waals surface area (Å²) >= 11 is 0. The van der Waals surface area contributed by atoms with Crippen molar-refractivity contribution < 1.29 is 4.74 Å². The molecule has 0 aromatic heterocycles. The molecule has 1 aromatic carbocycles. The van der Waals surface area contributed by atoms with Gasteiger partial charge in [-0.05, 0) is 69.3 Å². The van der Waals surface area contributed by atoms with Crippen molar-refractivity contribution in [2.45, 2.75) is 52.1 Å². The molecule has 0 saturated heterocycles. The van der Waals surface area contributed by atoms with Crippen molar-refractivity contribution >= 4 is 0 Å². The number of hydrogen-bond donors (Lipinski definition) is 1. The third-order valence-corrected chi connectivity index (χ3v) is 4.00. The van der Waals surface area contributed by atoms with E-state index < -0.39 is 0 Å². The zero-order valence-corrected chi connectivity index (χ0v) is 12.5. The Morgan fingerprint density at radius 3 is 2.58 bits per heavy atom. The number of ether oxygens (including phenoxy) is 1. The second-order valence-corrected chi connectivity index (χ2v) is 5.84. The molecule has 1 saturated carbocycles. The number of benzene rings is 1. The van der Waals surface area contributed by atoms with E-state index in [4.69, 9.17) is 4.74 Å². The molecule has 0 aliphatic heterocycles. The first-order valence-electron chi connectivity index (χ1n) is 7.68. The van der Waals surface area contributed by atoms with E-state index in [1.165, 1.54) is 24.8 Å². The zero-order valence-electron chi connectivity index (χ0n) is 12.5. The number of hydrogen-bond acceptors (Lipinski definition) is 2. The van der Waals surface area contributed by atoms with Gasteiger partial charge in [0.05, 0.1) is 6.10 Å². The summed E-state index contributed by atoms with van der Waals surface area (Å²) in [5.41, 5.74) is 1.48. The molecule has 0 spiro atoms. The minimum Gasteiger partial charge on any atom is -0.491 e. The Morgan fingerprint density at radius 2 is 1.95 bits per heavy atom. The SMILES string of the molecule is CCNCC1CCCC1c1ccc(OC(C)C)cc1. The lowest BCUT2D eigenvalue weighted by Crippen LogP contribution is -2.24. The molecule has 2 rings (SSSR count). The highest BCUT2D eigenvalue weighted by atomic mass is 16.5. The van der Waals surface area contributed by atoms with Gasteiger partial charge in [0.2, 0.25) is 0 Å². The van der Waals surface area contributed by atoms with Crippen LogP contribution in [0.3, 0.4) is 0 Å². The summed E-state index contributed by atoms with van der Waals surface area (Å²) in [4.78, 5) is 0. The normalized spacial score (nSPS) is 22.9. The molecule has 2 heteroatoms. The molecule has 0 amide bonds. The molecule has 0 bridgehead atoms. The first kappa shape index (κ1) is 14.4. The van der Waals surface area contributed by atoms with Gasteiger partial charge in [-0.3, -0.25) is 0 Å². The van der Waals surface area contributed by atoms with Crippen LogP contribution in [0, 0.1) is 5.92 Å². The Kier molecular flexibility index (Phi) is 5.26. The van der Waals surface area contributed by atoms with E-state index in [2.05, 4.69) is 50.4 Å². The highest BCUT2D eigenvalue weighted by molar-refractivity contribution is 5.30. The van der Waals surface area contributed by atoms with Gasteiger partial charge in [0.25, 0.3) is 0 Å². The van der Waals surface area contributed by atoms with Gasteiger partial charge >= 0.3 is 0 Å². The molecule has 1 N–H and O–H groups in total. The minimum atomic E-state index is 0.249. The lowest BCUT2D eigenvalue weighted by molar-refractivity contribution is 0.242. The van der Waals surface area contributed by atoms with Crippen molar-refractivity contribution in [1.82, 2.24) is 5.32 Å². The fourth-order valence-corrected chi connectivity index (χ4v) is 3.12. The van der Waals surface area contributed by atoms with Crippen LogP contribution >= 0.6 is 0 Å². The Labute approximate surface area is 117 Å². The summed E-state index contributed by atoms with van der Waals surface area (Å²) in [7, 11) is 0. The van der Waals surface area contributed by atoms with Crippen LogP contribution in [0.25, 0.3) is 0 Å². The smallest absolute Gasteiger partial charge is 0.119 e. The summed E-state index contributed by atoms with van der Waals surface area (Å²) in [6.45, 7) is 8.55. The van der Waals surface area contributed by atoms with Crippen LogP contribution in [0.2, 0.25) is 0 Å². The Morgan fingerprint density at radius 1 is 1.21 bits per heavy atom. The molecular formula is C17H27NO. The summed E-state index contributed by atoms with van der Waals surface area (Å²) in [6, 6.07) is 8.76. The lowest BCUT2D eigenvalue weighted by atomic mass is 9.89. The third kappa shape index (κ3) is 3.97. The average Bonchev–Trinajstić information content (AvgIpc) is 2.85. The Hall–Kier alpha value is -1.02. The van der Waals surface area contributed by atoms with Gasteiger partial charge < -0.3 is 10.1 Å². The molecule has 2 atom stereocenters. The van der Waals surface area contributed by atoms with E-state index in [9.17, 15) is 0 Å². The first-order valence-corrected chi connectivity index (χ1v) is 7.68. The highest BCUT2D eigenvalue weighted by Gasteiger charge is 2.27. The van der Waals surface area contributed by atoms with Gasteiger partial charge in [-0.15, -0.1) is 0 Å². The van der Waals surface area contributed by atoms with Crippen molar-refractivity contribution in [2.24, 2.45) is 5.92 Å². The predicted molar refractivity (Wildman–Crippen MR) is 80.8 cm³/mol. The maximum absolute atomic E-state index is 5.71. The largest absolute Gasteiger partial charge is 0.491 e. The van der Waals surface area contributed by atoms with Crippen molar-refractivity contribution in [1.29, 1.82) is 0 Å². The van der Waals surface area contributed by atoms with Crippen LogP contribution in [0.4, 0.5) is 0 Å². The van der Waals surface area contributed by atoms with Crippen molar-refractivity contribution in [3.8, 4) is 5.75 Å². The van der Waals surface area contributed by atoms with Crippen LogP contribution in [0.1, 0.15) is 51.5 Å². The maximum atomic E-state index is 5.71. The maximum Gasteiger partial charge on any atom is 0.119 e. The van der Waals surface area contributed by atoms with Gasteiger partial charge in [-0.1, -0.05) is 25.5 Å². The van der Waals surface area contributed by atoms with Gasteiger partial charge in [0.15, 0.2) is 0 Å². The van der Waals surface area contributed by atoms with Crippen LogP contribution in [-0.2, 0) is 0 Å². The van der Waals surface area contributed by atoms with E-state index in [1.54, 1.807) is 0 Å². The molecule has 1 aliphatic carbocycles. The van der Waals surface area contributed by atoms with E-state index >= 15 is 0 Å². The van der Waals surface area contributed by atoms with E-state index in [0.29, 0.717) is 0 Å². The molecular weight excluding hydrogens is 234 g/mol. The molecule has 0 radical (unpaired) electrons. The monoisotopic (exact) mass is 261 g/mol. The van der Waals surface area contributed by atoms with E-state index in [0.717, 1.165) is 30.7 Å². The molecule has 1 fully saturated rings. The Bertz CT molecular complexity index is 371. The molecule has 1 aliphatic rings. The molecule has 2 nitrogen and oxygen atoms in total. The van der Waals surface area contributed by atoms with Crippen LogP contribution in [-0.4, -0.2) is 19.2 Å². The summed E-state index contributed by atoms with van der Waals surface area (Å²) in [6.07, 6.45) is 4.31. The van der Waals surface area contributed by atoms with Gasteiger partial charge in [0, 0.05) is 0 Å². The zero-order chi connectivity index (χ0) is 13.7. The van der Waals surface area contributed by atoms with Gasteiger partial charge in [-0.25, -0.2) is 0 Å². The topological polar surface area (TPSA) is 21.3 Å². The molecule has 19 heavy (non-hydrogen) atoms. The molecule has 1 aromatic rings. The average molecular weight is 261 g/mol. The summed E-state index contributed by atoms with van der Waals surface area (Å²) in [5.74, 6) is 2.52. The first-order chi connectivity index (χ1) is 9.20. The molecule has 0 heterocycles. The lowest BCUT2D eigenvalue weighted by Gasteiger charge is -2.20. The van der Waals surface area contributed by atoms with Gasteiger partial charge in [0.1, 0.15) is 5.75 Å². The molecule has 2 unspecified atom stereocenters. The second kappa shape index (κ2) is 6.95. The second-order valence-electron chi connectivity index (χ2n) is 5.84. The predicted octanol–water partition coefficient (Wildman–Crippen LogP) is 3.97. The van der Waals surface area contributed by atoms with Crippen LogP contribution in [0.5, 0.6) is 5.75 Å². The summed E-state index contributed by atoms with van der Waals surface area (Å²) < 4.78 is 5.71. The molecule has 106 valence electrons. The highest BCUT2D eigenvalue weighted by Crippen LogP contribution is 2.39.